The van der Waals surface area contributed by atoms with Crippen molar-refractivity contribution in [1.82, 2.24) is 0 Å². The number of rotatable bonds is 5. The first-order valence-corrected chi connectivity index (χ1v) is 6.37. The highest BCUT2D eigenvalue weighted by molar-refractivity contribution is 5.66. The van der Waals surface area contributed by atoms with Gasteiger partial charge in [-0.25, -0.2) is 0 Å². The first kappa shape index (κ1) is 17.2. The highest BCUT2D eigenvalue weighted by Gasteiger charge is 1.93. The Hall–Kier alpha value is -1.84. The van der Waals surface area contributed by atoms with E-state index in [1.807, 2.05) is 30.3 Å². The minimum Gasteiger partial charge on any atom is -0.466 e. The summed E-state index contributed by atoms with van der Waals surface area (Å²) in [5.74, 6) is -0.424. The Morgan fingerprint density at radius 2 is 1.58 bits per heavy atom. The van der Waals surface area contributed by atoms with Crippen LogP contribution in [0.5, 0.6) is 0 Å². The van der Waals surface area contributed by atoms with Gasteiger partial charge in [0.2, 0.25) is 0 Å². The van der Waals surface area contributed by atoms with Gasteiger partial charge in [0.15, 0.2) is 0 Å². The summed E-state index contributed by atoms with van der Waals surface area (Å²) < 4.78 is 9.43. The first-order valence-electron chi connectivity index (χ1n) is 6.37. The zero-order chi connectivity index (χ0) is 14.5. The van der Waals surface area contributed by atoms with Gasteiger partial charge in [0.05, 0.1) is 6.61 Å². The second-order valence-corrected chi connectivity index (χ2v) is 3.96. The van der Waals surface area contributed by atoms with Crippen molar-refractivity contribution >= 4 is 11.9 Å². The van der Waals surface area contributed by atoms with E-state index in [4.69, 9.17) is 4.74 Å². The lowest BCUT2D eigenvalue weighted by molar-refractivity contribution is -0.142. The zero-order valence-electron chi connectivity index (χ0n) is 11.8. The summed E-state index contributed by atoms with van der Waals surface area (Å²) in [6.07, 6.45) is 2.05. The normalized spacial score (nSPS) is 9.00. The third kappa shape index (κ3) is 12.4. The molecular weight excluding hydrogens is 244 g/mol. The van der Waals surface area contributed by atoms with Gasteiger partial charge >= 0.3 is 11.9 Å². The minimum absolute atomic E-state index is 0.182. The third-order valence-electron chi connectivity index (χ3n) is 2.09. The van der Waals surface area contributed by atoms with Crippen molar-refractivity contribution in [2.75, 3.05) is 6.61 Å². The van der Waals surface area contributed by atoms with Crippen LogP contribution in [-0.4, -0.2) is 18.5 Å². The molecule has 0 saturated carbocycles. The van der Waals surface area contributed by atoms with Crippen molar-refractivity contribution in [3.05, 3.63) is 35.9 Å². The second-order valence-electron chi connectivity index (χ2n) is 3.96. The molecule has 0 spiro atoms. The van der Waals surface area contributed by atoms with Gasteiger partial charge in [0.1, 0.15) is 6.61 Å². The zero-order valence-corrected chi connectivity index (χ0v) is 11.8. The fourth-order valence-electron chi connectivity index (χ4n) is 1.12. The van der Waals surface area contributed by atoms with Crippen LogP contribution < -0.4 is 0 Å². The molecule has 4 heteroatoms. The smallest absolute Gasteiger partial charge is 0.302 e. The molecule has 1 aromatic rings. The SMILES string of the molecule is CC(=O)OCc1ccccc1.CCCCOC(C)=O. The van der Waals surface area contributed by atoms with Crippen LogP contribution in [-0.2, 0) is 25.7 Å². The molecule has 4 nitrogen and oxygen atoms in total. The van der Waals surface area contributed by atoms with E-state index < -0.39 is 0 Å². The maximum absolute atomic E-state index is 10.4. The molecule has 0 unspecified atom stereocenters. The summed E-state index contributed by atoms with van der Waals surface area (Å²) in [6, 6.07) is 9.60. The number of unbranched alkanes of at least 4 members (excludes halogenated alkanes) is 1. The average molecular weight is 266 g/mol. The summed E-state index contributed by atoms with van der Waals surface area (Å²) in [5.41, 5.74) is 1.02. The van der Waals surface area contributed by atoms with E-state index in [9.17, 15) is 9.59 Å². The van der Waals surface area contributed by atoms with E-state index in [2.05, 4.69) is 11.7 Å². The molecule has 0 aliphatic carbocycles. The van der Waals surface area contributed by atoms with Crippen LogP contribution in [0.15, 0.2) is 30.3 Å². The second kappa shape index (κ2) is 11.3. The predicted octanol–water partition coefficient (Wildman–Crippen LogP) is 3.10. The van der Waals surface area contributed by atoms with Crippen LogP contribution in [0.4, 0.5) is 0 Å². The van der Waals surface area contributed by atoms with Gasteiger partial charge in [0.25, 0.3) is 0 Å². The van der Waals surface area contributed by atoms with Crippen LogP contribution >= 0.6 is 0 Å². The van der Waals surface area contributed by atoms with E-state index >= 15 is 0 Å². The molecule has 0 heterocycles. The predicted molar refractivity (Wildman–Crippen MR) is 73.5 cm³/mol. The Morgan fingerprint density at radius 1 is 1.00 bits per heavy atom. The quantitative estimate of drug-likeness (QED) is 0.607. The number of hydrogen-bond donors (Lipinski definition) is 0. The molecule has 106 valence electrons. The molecule has 0 saturated heterocycles. The topological polar surface area (TPSA) is 52.6 Å². The molecule has 0 amide bonds. The fraction of sp³-hybridized carbons (Fsp3) is 0.467. The van der Waals surface area contributed by atoms with Crippen molar-refractivity contribution < 1.29 is 19.1 Å². The van der Waals surface area contributed by atoms with Crippen LogP contribution in [0.2, 0.25) is 0 Å². The number of ether oxygens (including phenoxy) is 2. The Labute approximate surface area is 114 Å². The molecule has 0 aliphatic heterocycles. The maximum atomic E-state index is 10.4. The van der Waals surface area contributed by atoms with Gasteiger partial charge < -0.3 is 9.47 Å². The maximum Gasteiger partial charge on any atom is 0.302 e. The van der Waals surface area contributed by atoms with Gasteiger partial charge in [0, 0.05) is 13.8 Å². The highest BCUT2D eigenvalue weighted by atomic mass is 16.5. The van der Waals surface area contributed by atoms with Crippen LogP contribution in [0.1, 0.15) is 39.2 Å². The molecule has 0 bridgehead atoms. The summed E-state index contributed by atoms with van der Waals surface area (Å²) in [4.78, 5) is 20.5. The first-order chi connectivity index (χ1) is 9.06. The molecule has 0 N–H and O–H groups in total. The molecule has 0 atom stereocenters. The Kier molecular flexibility index (Phi) is 10.2. The average Bonchev–Trinajstić information content (AvgIpc) is 2.38. The minimum atomic E-state index is -0.242. The largest absolute Gasteiger partial charge is 0.466 e. The fourth-order valence-corrected chi connectivity index (χ4v) is 1.12. The lowest BCUT2D eigenvalue weighted by atomic mass is 10.2. The number of carbonyl (C=O) groups is 2. The summed E-state index contributed by atoms with van der Waals surface area (Å²) >= 11 is 0. The van der Waals surface area contributed by atoms with Crippen molar-refractivity contribution in [3.8, 4) is 0 Å². The Balaban J connectivity index is 0.000000362. The molecule has 1 rings (SSSR count). The van der Waals surface area contributed by atoms with Gasteiger partial charge in [-0.05, 0) is 12.0 Å². The van der Waals surface area contributed by atoms with Crippen molar-refractivity contribution in [2.45, 2.75) is 40.2 Å². The monoisotopic (exact) mass is 266 g/mol. The Morgan fingerprint density at radius 3 is 2.05 bits per heavy atom. The van der Waals surface area contributed by atoms with Crippen molar-refractivity contribution in [1.29, 1.82) is 0 Å². The number of hydrogen-bond acceptors (Lipinski definition) is 4. The number of benzene rings is 1. The van der Waals surface area contributed by atoms with Crippen LogP contribution in [0.25, 0.3) is 0 Å². The standard InChI is InChI=1S/C9H10O2.C6H12O2/c1-8(10)11-7-9-5-3-2-4-6-9;1-3-4-5-8-6(2)7/h2-6H,7H2,1H3;3-5H2,1-2H3. The molecule has 19 heavy (non-hydrogen) atoms. The summed E-state index contributed by atoms with van der Waals surface area (Å²) in [6.45, 7) is 5.84. The van der Waals surface area contributed by atoms with Crippen molar-refractivity contribution in [2.24, 2.45) is 0 Å². The summed E-state index contributed by atoms with van der Waals surface area (Å²) in [7, 11) is 0. The lowest BCUT2D eigenvalue weighted by Crippen LogP contribution is -1.99. The van der Waals surface area contributed by atoms with Crippen molar-refractivity contribution in [3.63, 3.8) is 0 Å². The molecule has 0 radical (unpaired) electrons. The third-order valence-corrected chi connectivity index (χ3v) is 2.09. The van der Waals surface area contributed by atoms with Gasteiger partial charge in [-0.15, -0.1) is 0 Å². The van der Waals surface area contributed by atoms with E-state index in [0.717, 1.165) is 18.4 Å². The molecular formula is C15H22O4. The number of carbonyl (C=O) groups excluding carboxylic acids is 2. The molecule has 0 aliphatic rings. The van der Waals surface area contributed by atoms with Gasteiger partial charge in [-0.2, -0.15) is 0 Å². The van der Waals surface area contributed by atoms with Gasteiger partial charge in [-0.3, -0.25) is 9.59 Å². The highest BCUT2D eigenvalue weighted by Crippen LogP contribution is 1.99. The molecule has 0 aromatic heterocycles. The number of esters is 2. The summed E-state index contributed by atoms with van der Waals surface area (Å²) in [5, 5.41) is 0. The van der Waals surface area contributed by atoms with E-state index in [0.29, 0.717) is 13.2 Å². The van der Waals surface area contributed by atoms with Crippen LogP contribution in [0, 0.1) is 0 Å². The van der Waals surface area contributed by atoms with E-state index in [1.54, 1.807) is 0 Å². The van der Waals surface area contributed by atoms with E-state index in [1.165, 1.54) is 13.8 Å². The molecule has 1 aromatic carbocycles. The van der Waals surface area contributed by atoms with E-state index in [-0.39, 0.29) is 11.9 Å². The Bertz CT molecular complexity index is 360. The molecule has 0 fully saturated rings. The van der Waals surface area contributed by atoms with Crippen LogP contribution in [0.3, 0.4) is 0 Å². The lowest BCUT2D eigenvalue weighted by Gasteiger charge is -1.99. The van der Waals surface area contributed by atoms with Gasteiger partial charge in [-0.1, -0.05) is 43.7 Å².